The van der Waals surface area contributed by atoms with E-state index in [9.17, 15) is 4.79 Å². The minimum absolute atomic E-state index is 0.0694. The number of carboxylic acids is 1. The van der Waals surface area contributed by atoms with Crippen LogP contribution in [0.3, 0.4) is 0 Å². The molecule has 2 nitrogen and oxygen atoms in total. The van der Waals surface area contributed by atoms with Crippen LogP contribution in [0.25, 0.3) is 5.57 Å². The van der Waals surface area contributed by atoms with Crippen molar-refractivity contribution in [3.8, 4) is 0 Å². The van der Waals surface area contributed by atoms with Crippen molar-refractivity contribution in [2.24, 2.45) is 0 Å². The van der Waals surface area contributed by atoms with Crippen LogP contribution < -0.4 is 0 Å². The fourth-order valence-corrected chi connectivity index (χ4v) is 1.22. The summed E-state index contributed by atoms with van der Waals surface area (Å²) in [6.07, 6.45) is 0. The van der Waals surface area contributed by atoms with Crippen LogP contribution in [0.4, 0.5) is 0 Å². The van der Waals surface area contributed by atoms with Crippen molar-refractivity contribution in [2.45, 2.75) is 6.92 Å². The zero-order valence-electron chi connectivity index (χ0n) is 7.17. The molecular formula is C10H9ClO2. The normalized spacial score (nSPS) is 9.69. The van der Waals surface area contributed by atoms with Crippen LogP contribution in [0.2, 0.25) is 5.02 Å². The molecule has 1 aromatic rings. The first-order valence-corrected chi connectivity index (χ1v) is 4.09. The monoisotopic (exact) mass is 196 g/mol. The fraction of sp³-hybridized carbons (Fsp3) is 0.100. The average Bonchev–Trinajstić information content (AvgIpc) is 2.08. The first-order chi connectivity index (χ1) is 6.04. The Morgan fingerprint density at radius 3 is 2.69 bits per heavy atom. The van der Waals surface area contributed by atoms with Gasteiger partial charge in [-0.3, -0.25) is 0 Å². The van der Waals surface area contributed by atoms with Crippen molar-refractivity contribution >= 4 is 23.1 Å². The summed E-state index contributed by atoms with van der Waals surface area (Å²) in [4.78, 5) is 10.6. The second-order valence-corrected chi connectivity index (χ2v) is 3.10. The Kier molecular flexibility index (Phi) is 2.73. The van der Waals surface area contributed by atoms with Crippen molar-refractivity contribution < 1.29 is 9.90 Å². The zero-order chi connectivity index (χ0) is 10.0. The van der Waals surface area contributed by atoms with Crippen LogP contribution in [0.1, 0.15) is 11.1 Å². The lowest BCUT2D eigenvalue weighted by atomic mass is 10.0. The Labute approximate surface area is 81.5 Å². The van der Waals surface area contributed by atoms with Crippen LogP contribution >= 0.6 is 11.6 Å². The van der Waals surface area contributed by atoms with E-state index in [1.165, 1.54) is 0 Å². The SMILES string of the molecule is C=C(C(=O)O)c1cccc(Cl)c1C. The Hall–Kier alpha value is -1.28. The largest absolute Gasteiger partial charge is 0.478 e. The molecule has 1 rings (SSSR count). The lowest BCUT2D eigenvalue weighted by Gasteiger charge is -2.06. The molecular weight excluding hydrogens is 188 g/mol. The lowest BCUT2D eigenvalue weighted by molar-refractivity contribution is -0.130. The molecule has 0 aliphatic rings. The number of carbonyl (C=O) groups is 1. The molecule has 0 aliphatic carbocycles. The van der Waals surface area contributed by atoms with Crippen molar-refractivity contribution in [3.05, 3.63) is 40.9 Å². The molecule has 0 heterocycles. The third-order valence-corrected chi connectivity index (χ3v) is 2.26. The quantitative estimate of drug-likeness (QED) is 0.739. The van der Waals surface area contributed by atoms with Gasteiger partial charge in [0.1, 0.15) is 0 Å². The molecule has 0 bridgehead atoms. The van der Waals surface area contributed by atoms with Gasteiger partial charge in [0.15, 0.2) is 0 Å². The summed E-state index contributed by atoms with van der Waals surface area (Å²) in [6, 6.07) is 5.12. The topological polar surface area (TPSA) is 37.3 Å². The summed E-state index contributed by atoms with van der Waals surface area (Å²) in [7, 11) is 0. The highest BCUT2D eigenvalue weighted by Crippen LogP contribution is 2.23. The van der Waals surface area contributed by atoms with Crippen LogP contribution in [0.5, 0.6) is 0 Å². The number of hydrogen-bond acceptors (Lipinski definition) is 1. The molecule has 0 aliphatic heterocycles. The van der Waals surface area contributed by atoms with Gasteiger partial charge in [-0.05, 0) is 24.1 Å². The van der Waals surface area contributed by atoms with Gasteiger partial charge in [0.25, 0.3) is 0 Å². The van der Waals surface area contributed by atoms with Crippen LogP contribution in [-0.2, 0) is 4.79 Å². The first-order valence-electron chi connectivity index (χ1n) is 3.71. The molecule has 3 heteroatoms. The summed E-state index contributed by atoms with van der Waals surface area (Å²) in [6.45, 7) is 5.24. The molecule has 0 fully saturated rings. The molecule has 0 saturated carbocycles. The third-order valence-electron chi connectivity index (χ3n) is 1.85. The summed E-state index contributed by atoms with van der Waals surface area (Å²) in [5.41, 5.74) is 1.40. The molecule has 1 N–H and O–H groups in total. The van der Waals surface area contributed by atoms with Gasteiger partial charge in [0.05, 0.1) is 5.57 Å². The van der Waals surface area contributed by atoms with Gasteiger partial charge in [-0.2, -0.15) is 0 Å². The predicted molar refractivity (Wildman–Crippen MR) is 52.9 cm³/mol. The number of hydrogen-bond donors (Lipinski definition) is 1. The number of rotatable bonds is 2. The number of carboxylic acid groups (broad SMARTS) is 1. The number of aliphatic carboxylic acids is 1. The highest BCUT2D eigenvalue weighted by atomic mass is 35.5. The van der Waals surface area contributed by atoms with Gasteiger partial charge in [-0.15, -0.1) is 0 Å². The molecule has 0 saturated heterocycles. The van der Waals surface area contributed by atoms with E-state index >= 15 is 0 Å². The summed E-state index contributed by atoms with van der Waals surface area (Å²) < 4.78 is 0. The Morgan fingerprint density at radius 2 is 2.15 bits per heavy atom. The fourth-order valence-electron chi connectivity index (χ4n) is 1.05. The highest BCUT2D eigenvalue weighted by molar-refractivity contribution is 6.32. The van der Waals surface area contributed by atoms with Crippen molar-refractivity contribution in [2.75, 3.05) is 0 Å². The second-order valence-electron chi connectivity index (χ2n) is 2.70. The third kappa shape index (κ3) is 1.90. The van der Waals surface area contributed by atoms with Gasteiger partial charge >= 0.3 is 5.97 Å². The molecule has 13 heavy (non-hydrogen) atoms. The van der Waals surface area contributed by atoms with Gasteiger partial charge < -0.3 is 5.11 Å². The minimum atomic E-state index is -1.02. The second kappa shape index (κ2) is 3.62. The van der Waals surface area contributed by atoms with Crippen LogP contribution in [0, 0.1) is 6.92 Å². The molecule has 0 radical (unpaired) electrons. The van der Waals surface area contributed by atoms with E-state index in [2.05, 4.69) is 6.58 Å². The standard InChI is InChI=1S/C10H9ClO2/c1-6-8(7(2)10(12)13)4-3-5-9(6)11/h3-5H,2H2,1H3,(H,12,13). The van der Waals surface area contributed by atoms with Gasteiger partial charge in [0, 0.05) is 5.02 Å². The number of benzene rings is 1. The summed E-state index contributed by atoms with van der Waals surface area (Å²) >= 11 is 5.83. The van der Waals surface area contributed by atoms with Crippen molar-refractivity contribution in [1.82, 2.24) is 0 Å². The zero-order valence-corrected chi connectivity index (χ0v) is 7.93. The van der Waals surface area contributed by atoms with Gasteiger partial charge in [-0.25, -0.2) is 4.79 Å². The van der Waals surface area contributed by atoms with E-state index in [1.807, 2.05) is 0 Å². The first kappa shape index (κ1) is 9.81. The molecule has 0 unspecified atom stereocenters. The molecule has 0 aromatic heterocycles. The maximum Gasteiger partial charge on any atom is 0.335 e. The maximum atomic E-state index is 10.6. The highest BCUT2D eigenvalue weighted by Gasteiger charge is 2.10. The van der Waals surface area contributed by atoms with Crippen LogP contribution in [-0.4, -0.2) is 11.1 Å². The molecule has 68 valence electrons. The predicted octanol–water partition coefficient (Wildman–Crippen LogP) is 2.75. The van der Waals surface area contributed by atoms with E-state index in [-0.39, 0.29) is 5.57 Å². The number of halogens is 1. The average molecular weight is 197 g/mol. The maximum absolute atomic E-state index is 10.6. The Morgan fingerprint density at radius 1 is 1.54 bits per heavy atom. The molecule has 0 atom stereocenters. The summed E-state index contributed by atoms with van der Waals surface area (Å²) in [5, 5.41) is 9.26. The summed E-state index contributed by atoms with van der Waals surface area (Å²) in [5.74, 6) is -1.02. The van der Waals surface area contributed by atoms with Crippen LogP contribution in [0.15, 0.2) is 24.8 Å². The molecule has 1 aromatic carbocycles. The van der Waals surface area contributed by atoms with Gasteiger partial charge in [-0.1, -0.05) is 30.3 Å². The van der Waals surface area contributed by atoms with Gasteiger partial charge in [0.2, 0.25) is 0 Å². The Bertz CT molecular complexity index is 369. The smallest absolute Gasteiger partial charge is 0.335 e. The Balaban J connectivity index is 3.23. The van der Waals surface area contributed by atoms with E-state index in [0.717, 1.165) is 5.56 Å². The van der Waals surface area contributed by atoms with Crippen molar-refractivity contribution in [3.63, 3.8) is 0 Å². The minimum Gasteiger partial charge on any atom is -0.478 e. The molecule has 0 spiro atoms. The lowest BCUT2D eigenvalue weighted by Crippen LogP contribution is -1.99. The van der Waals surface area contributed by atoms with E-state index < -0.39 is 5.97 Å². The van der Waals surface area contributed by atoms with E-state index in [0.29, 0.717) is 10.6 Å². The van der Waals surface area contributed by atoms with E-state index in [1.54, 1.807) is 25.1 Å². The van der Waals surface area contributed by atoms with E-state index in [4.69, 9.17) is 16.7 Å². The molecule has 0 amide bonds. The van der Waals surface area contributed by atoms with Crippen molar-refractivity contribution in [1.29, 1.82) is 0 Å².